The Morgan fingerprint density at radius 3 is 2.10 bits per heavy atom. The van der Waals surface area contributed by atoms with Crippen LogP contribution in [-0.4, -0.2) is 65.8 Å². The second-order valence-electron chi connectivity index (χ2n) is 6.08. The van der Waals surface area contributed by atoms with Crippen molar-refractivity contribution in [3.8, 4) is 5.75 Å². The number of nitrogens with one attached hydrogen (secondary N) is 2. The highest BCUT2D eigenvalue weighted by Crippen LogP contribution is 2.13. The van der Waals surface area contributed by atoms with Gasteiger partial charge in [0.1, 0.15) is 18.5 Å². The van der Waals surface area contributed by atoms with Crippen molar-refractivity contribution in [2.24, 2.45) is 0 Å². The zero-order valence-corrected chi connectivity index (χ0v) is 17.1. The van der Waals surface area contributed by atoms with E-state index in [0.717, 1.165) is 5.56 Å². The van der Waals surface area contributed by atoms with E-state index in [4.69, 9.17) is 14.9 Å². The lowest BCUT2D eigenvalue weighted by atomic mass is 10.2. The third kappa shape index (κ3) is 15.7. The maximum absolute atomic E-state index is 10.9. The molecule has 0 saturated carbocycles. The largest absolute Gasteiger partial charge is 0.491 e. The topological polar surface area (TPSA) is 154 Å². The summed E-state index contributed by atoms with van der Waals surface area (Å²) in [5, 5.41) is 31.0. The van der Waals surface area contributed by atoms with Gasteiger partial charge in [0.2, 0.25) is 0 Å². The Bertz CT molecular complexity index is 698. The minimum Gasteiger partial charge on any atom is -0.491 e. The fourth-order valence-electron chi connectivity index (χ4n) is 1.71. The number of ether oxygens (including phenoxy) is 2. The van der Waals surface area contributed by atoms with E-state index in [0.29, 0.717) is 30.5 Å². The normalized spacial score (nSPS) is 11.6. The molecular formula is C20H28N2O8. The molecule has 0 spiro atoms. The van der Waals surface area contributed by atoms with Gasteiger partial charge in [0, 0.05) is 30.9 Å². The molecule has 0 fully saturated rings. The predicted molar refractivity (Wildman–Crippen MR) is 110 cm³/mol. The van der Waals surface area contributed by atoms with Crippen LogP contribution in [-0.2, 0) is 14.3 Å². The van der Waals surface area contributed by atoms with Crippen molar-refractivity contribution in [2.75, 3.05) is 20.3 Å². The van der Waals surface area contributed by atoms with Gasteiger partial charge in [-0.3, -0.25) is 5.32 Å². The molecule has 5 N–H and O–H groups in total. The molecule has 0 radical (unpaired) electrons. The lowest BCUT2D eigenvalue weighted by Gasteiger charge is -2.15. The lowest BCUT2D eigenvalue weighted by molar-refractivity contribution is -0.134. The fraction of sp³-hybridized carbons (Fsp3) is 0.350. The number of aliphatic hydroxyl groups excluding tert-OH is 1. The minimum absolute atomic E-state index is 0.235. The minimum atomic E-state index is -1.26. The van der Waals surface area contributed by atoms with Crippen LogP contribution < -0.4 is 15.4 Å². The van der Waals surface area contributed by atoms with E-state index in [1.165, 1.54) is 13.3 Å². The third-order valence-corrected chi connectivity index (χ3v) is 3.12. The van der Waals surface area contributed by atoms with Crippen molar-refractivity contribution in [3.05, 3.63) is 48.2 Å². The molecule has 10 nitrogen and oxygen atoms in total. The van der Waals surface area contributed by atoms with E-state index >= 15 is 0 Å². The maximum Gasteiger partial charge on any atom is 0.410 e. The number of benzene rings is 1. The second-order valence-corrected chi connectivity index (χ2v) is 6.08. The SMILES string of the molecule is COC(=O)NC=Cc1ccc(OCC(O)CNC(C)C)cc1.O=C(O)C=CC(=O)O. The smallest absolute Gasteiger partial charge is 0.410 e. The first-order chi connectivity index (χ1) is 14.1. The summed E-state index contributed by atoms with van der Waals surface area (Å²) >= 11 is 0. The van der Waals surface area contributed by atoms with Crippen LogP contribution in [0.25, 0.3) is 6.08 Å². The van der Waals surface area contributed by atoms with Crippen LogP contribution in [0.2, 0.25) is 0 Å². The fourth-order valence-corrected chi connectivity index (χ4v) is 1.71. The number of carboxylic acids is 2. The van der Waals surface area contributed by atoms with Gasteiger partial charge >= 0.3 is 18.0 Å². The Hall–Kier alpha value is -3.37. The number of hydrogen-bond donors (Lipinski definition) is 5. The van der Waals surface area contributed by atoms with Crippen LogP contribution in [0.1, 0.15) is 19.4 Å². The van der Waals surface area contributed by atoms with Crippen molar-refractivity contribution in [1.29, 1.82) is 0 Å². The Kier molecular flexibility index (Phi) is 13.8. The van der Waals surface area contributed by atoms with Crippen molar-refractivity contribution >= 4 is 24.1 Å². The zero-order valence-electron chi connectivity index (χ0n) is 17.1. The standard InChI is InChI=1S/C16H24N2O4.C4H4O4/c1-12(2)18-10-14(19)11-22-15-6-4-13(5-7-15)8-9-17-16(20)21-3;5-3(6)1-2-4(7)8/h4-9,12,14,18-19H,10-11H2,1-3H3,(H,17,20);1-2H,(H,5,6)(H,7,8). The van der Waals surface area contributed by atoms with E-state index in [1.54, 1.807) is 18.2 Å². The molecule has 1 aromatic carbocycles. The van der Waals surface area contributed by atoms with E-state index in [-0.39, 0.29) is 6.61 Å². The van der Waals surface area contributed by atoms with Gasteiger partial charge in [0.15, 0.2) is 0 Å². The molecule has 1 atom stereocenters. The molecule has 0 aliphatic carbocycles. The van der Waals surface area contributed by atoms with Gasteiger partial charge in [0.25, 0.3) is 0 Å². The first-order valence-corrected chi connectivity index (χ1v) is 8.93. The highest BCUT2D eigenvalue weighted by atomic mass is 16.5. The average Bonchev–Trinajstić information content (AvgIpc) is 2.70. The van der Waals surface area contributed by atoms with Crippen LogP contribution in [0.4, 0.5) is 4.79 Å². The van der Waals surface area contributed by atoms with Crippen LogP contribution >= 0.6 is 0 Å². The number of rotatable bonds is 10. The van der Waals surface area contributed by atoms with E-state index in [9.17, 15) is 19.5 Å². The highest BCUT2D eigenvalue weighted by Gasteiger charge is 2.05. The molecule has 1 amide bonds. The van der Waals surface area contributed by atoms with Crippen molar-refractivity contribution < 1.29 is 39.2 Å². The monoisotopic (exact) mass is 424 g/mol. The van der Waals surface area contributed by atoms with Crippen molar-refractivity contribution in [3.63, 3.8) is 0 Å². The highest BCUT2D eigenvalue weighted by molar-refractivity contribution is 5.89. The number of carbonyl (C=O) groups excluding carboxylic acids is 1. The molecule has 0 heterocycles. The lowest BCUT2D eigenvalue weighted by Crippen LogP contribution is -2.35. The number of carboxylic acid groups (broad SMARTS) is 2. The zero-order chi connectivity index (χ0) is 22.9. The van der Waals surface area contributed by atoms with Crippen molar-refractivity contribution in [2.45, 2.75) is 26.0 Å². The second kappa shape index (κ2) is 15.5. The molecule has 1 aromatic rings. The van der Waals surface area contributed by atoms with Crippen LogP contribution in [0.5, 0.6) is 5.75 Å². The Balaban J connectivity index is 0.000000890. The van der Waals surface area contributed by atoms with Gasteiger partial charge in [-0.05, 0) is 23.8 Å². The molecular weight excluding hydrogens is 396 g/mol. The molecule has 30 heavy (non-hydrogen) atoms. The summed E-state index contributed by atoms with van der Waals surface area (Å²) in [6, 6.07) is 7.65. The summed E-state index contributed by atoms with van der Waals surface area (Å²) in [4.78, 5) is 30.0. The molecule has 0 aliphatic rings. The number of carbonyl (C=O) groups is 3. The first kappa shape index (κ1) is 26.6. The Morgan fingerprint density at radius 2 is 1.63 bits per heavy atom. The molecule has 166 valence electrons. The molecule has 0 aliphatic heterocycles. The molecule has 1 unspecified atom stereocenters. The number of alkyl carbamates (subject to hydrolysis) is 1. The summed E-state index contributed by atoms with van der Waals surface area (Å²) in [7, 11) is 1.31. The van der Waals surface area contributed by atoms with Gasteiger partial charge in [-0.1, -0.05) is 26.0 Å². The molecule has 10 heteroatoms. The van der Waals surface area contributed by atoms with Crippen LogP contribution in [0.3, 0.4) is 0 Å². The summed E-state index contributed by atoms with van der Waals surface area (Å²) in [5.74, 6) is -1.83. The van der Waals surface area contributed by atoms with Crippen molar-refractivity contribution in [1.82, 2.24) is 10.6 Å². The molecule has 0 bridgehead atoms. The van der Waals surface area contributed by atoms with E-state index in [1.807, 2.05) is 26.0 Å². The average molecular weight is 424 g/mol. The van der Waals surface area contributed by atoms with Gasteiger partial charge in [-0.15, -0.1) is 0 Å². The Morgan fingerprint density at radius 1 is 1.07 bits per heavy atom. The van der Waals surface area contributed by atoms with E-state index in [2.05, 4.69) is 15.4 Å². The quantitative estimate of drug-likeness (QED) is 0.351. The van der Waals surface area contributed by atoms with Crippen LogP contribution in [0.15, 0.2) is 42.6 Å². The third-order valence-electron chi connectivity index (χ3n) is 3.12. The number of aliphatic hydroxyl groups is 1. The number of methoxy groups -OCH3 is 1. The van der Waals surface area contributed by atoms with Gasteiger partial charge in [0.05, 0.1) is 7.11 Å². The first-order valence-electron chi connectivity index (χ1n) is 8.93. The van der Waals surface area contributed by atoms with Gasteiger partial charge in [-0.2, -0.15) is 0 Å². The predicted octanol–water partition coefficient (Wildman–Crippen LogP) is 1.46. The molecule has 1 rings (SSSR count). The number of hydrogen-bond acceptors (Lipinski definition) is 7. The number of aliphatic carboxylic acids is 2. The summed E-state index contributed by atoms with van der Waals surface area (Å²) in [5.41, 5.74) is 0.908. The molecule has 0 saturated heterocycles. The molecule has 0 aromatic heterocycles. The summed E-state index contributed by atoms with van der Waals surface area (Å²) < 4.78 is 9.96. The van der Waals surface area contributed by atoms with Gasteiger partial charge in [-0.25, -0.2) is 14.4 Å². The number of amides is 1. The van der Waals surface area contributed by atoms with Gasteiger partial charge < -0.3 is 30.1 Å². The Labute approximate surface area is 174 Å². The maximum atomic E-state index is 10.9. The summed E-state index contributed by atoms with van der Waals surface area (Å²) in [6.07, 6.45) is 3.29. The van der Waals surface area contributed by atoms with Crippen LogP contribution in [0, 0.1) is 0 Å². The van der Waals surface area contributed by atoms with E-state index < -0.39 is 24.1 Å². The summed E-state index contributed by atoms with van der Waals surface area (Å²) in [6.45, 7) is 4.78.